The van der Waals surface area contributed by atoms with Crippen molar-refractivity contribution in [3.05, 3.63) is 29.8 Å². The second kappa shape index (κ2) is 7.46. The quantitative estimate of drug-likeness (QED) is 0.808. The highest BCUT2D eigenvalue weighted by molar-refractivity contribution is 8.00. The largest absolute Gasteiger partial charge is 0.352 e. The maximum atomic E-state index is 12.0. The van der Waals surface area contributed by atoms with Gasteiger partial charge in [0.15, 0.2) is 0 Å². The zero-order valence-electron chi connectivity index (χ0n) is 12.0. The number of rotatable bonds is 6. The minimum Gasteiger partial charge on any atom is -0.352 e. The van der Waals surface area contributed by atoms with E-state index in [1.807, 2.05) is 4.72 Å². The van der Waals surface area contributed by atoms with Gasteiger partial charge in [-0.25, -0.2) is 13.1 Å². The van der Waals surface area contributed by atoms with Gasteiger partial charge < -0.3 is 5.32 Å². The van der Waals surface area contributed by atoms with Gasteiger partial charge in [0.2, 0.25) is 11.8 Å². The van der Waals surface area contributed by atoms with Crippen LogP contribution in [0.25, 0.3) is 0 Å². The van der Waals surface area contributed by atoms with Gasteiger partial charge >= 0.3 is 0 Å². The van der Waals surface area contributed by atoms with Crippen LogP contribution in [-0.2, 0) is 26.2 Å². The number of benzene rings is 1. The summed E-state index contributed by atoms with van der Waals surface area (Å²) in [5, 5.41) is 2.17. The van der Waals surface area contributed by atoms with Crippen LogP contribution < -0.4 is 10.0 Å². The summed E-state index contributed by atoms with van der Waals surface area (Å²) >= 11 is 1.26. The highest BCUT2D eigenvalue weighted by atomic mass is 32.2. The summed E-state index contributed by atoms with van der Waals surface area (Å²) in [5.74, 6) is -0.713. The lowest BCUT2D eigenvalue weighted by Crippen LogP contribution is -2.35. The summed E-state index contributed by atoms with van der Waals surface area (Å²) in [4.78, 5) is 22.5. The highest BCUT2D eigenvalue weighted by Crippen LogP contribution is 2.12. The van der Waals surface area contributed by atoms with Crippen LogP contribution in [0.5, 0.6) is 0 Å². The van der Waals surface area contributed by atoms with Crippen molar-refractivity contribution in [2.45, 2.75) is 30.5 Å². The van der Waals surface area contributed by atoms with Gasteiger partial charge in [-0.15, -0.1) is 0 Å². The molecule has 0 bridgehead atoms. The Morgan fingerprint density at radius 3 is 2.29 bits per heavy atom. The predicted octanol–water partition coefficient (Wildman–Crippen LogP) is 0.879. The summed E-state index contributed by atoms with van der Waals surface area (Å²) < 4.78 is 26.1. The molecule has 1 atom stereocenters. The lowest BCUT2D eigenvalue weighted by Gasteiger charge is -2.11. The van der Waals surface area contributed by atoms with Crippen molar-refractivity contribution in [3.63, 3.8) is 0 Å². The van der Waals surface area contributed by atoms with Crippen LogP contribution in [0.2, 0.25) is 0 Å². The number of thioether (sulfide) groups is 1. The minimum absolute atomic E-state index is 0.00993. The molecule has 2 N–H and O–H groups in total. The fourth-order valence-corrected chi connectivity index (χ4v) is 2.80. The molecule has 0 aliphatic carbocycles. The molecule has 2 amide bonds. The molecule has 0 fully saturated rings. The van der Waals surface area contributed by atoms with Crippen molar-refractivity contribution < 1.29 is 18.0 Å². The molecule has 0 heterocycles. The van der Waals surface area contributed by atoms with Crippen LogP contribution in [-0.4, -0.2) is 31.7 Å². The number of hydrogen-bond donors (Lipinski definition) is 2. The number of hydrogen-bond acceptors (Lipinski definition) is 5. The predicted molar refractivity (Wildman–Crippen MR) is 82.3 cm³/mol. The number of sulfonamides is 1. The maximum Gasteiger partial charge on any atom is 0.264 e. The second-order valence-electron chi connectivity index (χ2n) is 4.40. The Morgan fingerprint density at radius 1 is 1.24 bits per heavy atom. The van der Waals surface area contributed by atoms with E-state index in [-0.39, 0.29) is 10.8 Å². The van der Waals surface area contributed by atoms with E-state index in [9.17, 15) is 18.0 Å². The summed E-state index contributed by atoms with van der Waals surface area (Å²) in [6, 6.07) is 5.98. The number of amides is 2. The first-order chi connectivity index (χ1) is 9.76. The monoisotopic (exact) mass is 330 g/mol. The van der Waals surface area contributed by atoms with Gasteiger partial charge in [0, 0.05) is 13.5 Å². The van der Waals surface area contributed by atoms with E-state index in [1.165, 1.54) is 30.8 Å². The number of nitrogens with one attached hydrogen (secondary N) is 2. The van der Waals surface area contributed by atoms with Crippen molar-refractivity contribution in [1.82, 2.24) is 10.0 Å². The molecule has 1 aromatic rings. The third-order valence-electron chi connectivity index (χ3n) is 2.73. The molecule has 21 heavy (non-hydrogen) atoms. The maximum absolute atomic E-state index is 12.0. The SMILES string of the molecule is CSC(C)C(=O)NS(=O)(=O)c1ccc(CNC(C)=O)cc1. The average molecular weight is 330 g/mol. The normalized spacial score (nSPS) is 12.5. The van der Waals surface area contributed by atoms with Crippen molar-refractivity contribution in [2.75, 3.05) is 6.26 Å². The molecule has 6 nitrogen and oxygen atoms in total. The Balaban J connectivity index is 2.80. The molecule has 0 aliphatic rings. The van der Waals surface area contributed by atoms with E-state index in [0.29, 0.717) is 6.54 Å². The molecule has 0 spiro atoms. The zero-order valence-corrected chi connectivity index (χ0v) is 13.7. The first kappa shape index (κ1) is 17.5. The van der Waals surface area contributed by atoms with Gasteiger partial charge in [-0.1, -0.05) is 12.1 Å². The Morgan fingerprint density at radius 2 is 1.81 bits per heavy atom. The third kappa shape index (κ3) is 5.39. The molecule has 1 aromatic carbocycles. The molecule has 0 saturated carbocycles. The van der Waals surface area contributed by atoms with Gasteiger partial charge in [0.1, 0.15) is 0 Å². The Bertz CT molecular complexity index is 612. The zero-order chi connectivity index (χ0) is 16.0. The van der Waals surface area contributed by atoms with Gasteiger partial charge in [-0.05, 0) is 30.9 Å². The molecule has 0 saturated heterocycles. The first-order valence-electron chi connectivity index (χ1n) is 6.19. The summed E-state index contributed by atoms with van der Waals surface area (Å²) in [6.07, 6.45) is 1.73. The summed E-state index contributed by atoms with van der Waals surface area (Å²) in [7, 11) is -3.86. The smallest absolute Gasteiger partial charge is 0.264 e. The Labute approximate surface area is 128 Å². The lowest BCUT2D eigenvalue weighted by atomic mass is 10.2. The van der Waals surface area contributed by atoms with E-state index < -0.39 is 21.2 Å². The molecule has 8 heteroatoms. The summed E-state index contributed by atoms with van der Waals surface area (Å²) in [6.45, 7) is 3.36. The van der Waals surface area contributed by atoms with E-state index in [4.69, 9.17) is 0 Å². The fraction of sp³-hybridized carbons (Fsp3) is 0.385. The van der Waals surface area contributed by atoms with Crippen LogP contribution in [0.15, 0.2) is 29.2 Å². The van der Waals surface area contributed by atoms with E-state index in [0.717, 1.165) is 5.56 Å². The molecule has 1 rings (SSSR count). The van der Waals surface area contributed by atoms with Crippen LogP contribution >= 0.6 is 11.8 Å². The average Bonchev–Trinajstić information content (AvgIpc) is 2.44. The van der Waals surface area contributed by atoms with E-state index in [2.05, 4.69) is 5.32 Å². The van der Waals surface area contributed by atoms with E-state index >= 15 is 0 Å². The molecule has 0 aliphatic heterocycles. The number of carbonyl (C=O) groups is 2. The van der Waals surface area contributed by atoms with Crippen LogP contribution in [0.4, 0.5) is 0 Å². The standard InChI is InChI=1S/C13H18N2O4S2/c1-9(20-3)13(17)15-21(18,19)12-6-4-11(5-7-12)8-14-10(2)16/h4-7,9H,8H2,1-3H3,(H,14,16)(H,15,17). The third-order valence-corrected chi connectivity index (χ3v) is 5.02. The molecular formula is C13H18N2O4S2. The molecular weight excluding hydrogens is 312 g/mol. The van der Waals surface area contributed by atoms with Gasteiger partial charge in [0.05, 0.1) is 10.1 Å². The Hall–Kier alpha value is -1.54. The first-order valence-corrected chi connectivity index (χ1v) is 8.96. The van der Waals surface area contributed by atoms with Crippen molar-refractivity contribution >= 4 is 33.6 Å². The van der Waals surface area contributed by atoms with Crippen LogP contribution in [0, 0.1) is 0 Å². The van der Waals surface area contributed by atoms with Crippen LogP contribution in [0.1, 0.15) is 19.4 Å². The Kier molecular flexibility index (Phi) is 6.22. The van der Waals surface area contributed by atoms with Crippen LogP contribution in [0.3, 0.4) is 0 Å². The van der Waals surface area contributed by atoms with Gasteiger partial charge in [-0.2, -0.15) is 11.8 Å². The topological polar surface area (TPSA) is 92.3 Å². The fourth-order valence-electron chi connectivity index (χ4n) is 1.39. The van der Waals surface area contributed by atoms with Crippen molar-refractivity contribution in [3.8, 4) is 0 Å². The molecule has 1 unspecified atom stereocenters. The summed E-state index contributed by atoms with van der Waals surface area (Å²) in [5.41, 5.74) is 0.771. The van der Waals surface area contributed by atoms with E-state index in [1.54, 1.807) is 25.3 Å². The molecule has 0 radical (unpaired) electrons. The lowest BCUT2D eigenvalue weighted by molar-refractivity contribution is -0.119. The molecule has 116 valence electrons. The minimum atomic E-state index is -3.86. The van der Waals surface area contributed by atoms with Gasteiger partial charge in [0.25, 0.3) is 10.0 Å². The number of carbonyl (C=O) groups excluding carboxylic acids is 2. The van der Waals surface area contributed by atoms with Gasteiger partial charge in [-0.3, -0.25) is 9.59 Å². The van der Waals surface area contributed by atoms with Crippen molar-refractivity contribution in [1.29, 1.82) is 0 Å². The second-order valence-corrected chi connectivity index (χ2v) is 7.26. The highest BCUT2D eigenvalue weighted by Gasteiger charge is 2.20. The molecule has 0 aromatic heterocycles. The van der Waals surface area contributed by atoms with Crippen molar-refractivity contribution in [2.24, 2.45) is 0 Å².